The van der Waals surface area contributed by atoms with Crippen molar-refractivity contribution in [3.63, 3.8) is 0 Å². The number of aryl methyl sites for hydroxylation is 1. The zero-order valence-electron chi connectivity index (χ0n) is 28.5. The van der Waals surface area contributed by atoms with E-state index in [0.29, 0.717) is 66.3 Å². The standard InChI is InChI=1S/C38H43N5O7/c1-26(11-7-9-21-42-24-33(40-41-42)31(25-44)27-12-5-4-6-13-27)38(48)32-23-29(39-36(46)28-15-18-30(49-2)19-16-28)17-20-34(32)43(37(38)47)22-10-8-14-35(45)50-3/h4-7,11-13,15-20,23-24,26,31,44,48H,8-10,14,21-22,25H2,1-3H3,(H,39,46)/b11-7+/t26-,31?,38+/m1/s1. The number of methoxy groups -OCH3 is 2. The van der Waals surface area contributed by atoms with Gasteiger partial charge in [0, 0.05) is 48.4 Å². The van der Waals surface area contributed by atoms with Crippen LogP contribution in [0.2, 0.25) is 0 Å². The summed E-state index contributed by atoms with van der Waals surface area (Å²) in [5.74, 6) is -1.43. The van der Waals surface area contributed by atoms with Crippen LogP contribution < -0.4 is 15.0 Å². The minimum Gasteiger partial charge on any atom is -0.497 e. The number of nitrogens with zero attached hydrogens (tertiary/aromatic N) is 4. The van der Waals surface area contributed by atoms with Gasteiger partial charge in [0.15, 0.2) is 5.60 Å². The van der Waals surface area contributed by atoms with E-state index in [1.54, 1.807) is 66.1 Å². The third-order valence-corrected chi connectivity index (χ3v) is 9.03. The lowest BCUT2D eigenvalue weighted by Gasteiger charge is -2.28. The number of hydrogen-bond acceptors (Lipinski definition) is 9. The molecule has 0 saturated carbocycles. The zero-order chi connectivity index (χ0) is 35.7. The van der Waals surface area contributed by atoms with Crippen LogP contribution in [0.5, 0.6) is 5.75 Å². The summed E-state index contributed by atoms with van der Waals surface area (Å²) in [6.45, 7) is 2.48. The number of nitrogens with one attached hydrogen (secondary N) is 1. The minimum atomic E-state index is -1.90. The zero-order valence-corrected chi connectivity index (χ0v) is 28.5. The van der Waals surface area contributed by atoms with Crippen molar-refractivity contribution in [1.82, 2.24) is 15.0 Å². The van der Waals surface area contributed by atoms with Crippen LogP contribution in [0.1, 0.15) is 65.7 Å². The molecule has 2 heterocycles. The predicted molar refractivity (Wildman–Crippen MR) is 188 cm³/mol. The SMILES string of the molecule is COC(=O)CCCCN1C(=O)[C@](O)([C@H](C)/C=C/CCn2cc(C(CO)c3ccccc3)nn2)c2cc(NC(=O)c3ccc(OC)cc3)ccc21. The van der Waals surface area contributed by atoms with Crippen molar-refractivity contribution in [3.05, 3.63) is 114 Å². The summed E-state index contributed by atoms with van der Waals surface area (Å²) in [4.78, 5) is 40.2. The molecule has 1 aromatic heterocycles. The van der Waals surface area contributed by atoms with Crippen molar-refractivity contribution in [3.8, 4) is 5.75 Å². The Morgan fingerprint density at radius 1 is 1.02 bits per heavy atom. The van der Waals surface area contributed by atoms with Crippen molar-refractivity contribution in [2.24, 2.45) is 5.92 Å². The van der Waals surface area contributed by atoms with E-state index in [0.717, 1.165) is 5.56 Å². The Kier molecular flexibility index (Phi) is 11.8. The first-order valence-electron chi connectivity index (χ1n) is 16.6. The number of aromatic nitrogens is 3. The fourth-order valence-corrected chi connectivity index (χ4v) is 6.12. The molecule has 3 atom stereocenters. The summed E-state index contributed by atoms with van der Waals surface area (Å²) in [7, 11) is 2.89. The number of amides is 2. The summed E-state index contributed by atoms with van der Waals surface area (Å²) in [5, 5.41) is 33.6. The first kappa shape index (κ1) is 36.0. The summed E-state index contributed by atoms with van der Waals surface area (Å²) in [6, 6.07) is 21.4. The first-order chi connectivity index (χ1) is 24.2. The van der Waals surface area contributed by atoms with Gasteiger partial charge >= 0.3 is 5.97 Å². The average molecular weight is 682 g/mol. The van der Waals surface area contributed by atoms with Crippen LogP contribution in [0.3, 0.4) is 0 Å². The monoisotopic (exact) mass is 681 g/mol. The highest BCUT2D eigenvalue weighted by Gasteiger charge is 2.52. The van der Waals surface area contributed by atoms with Crippen LogP contribution in [-0.4, -0.2) is 70.4 Å². The Morgan fingerprint density at radius 2 is 1.78 bits per heavy atom. The topological polar surface area (TPSA) is 156 Å². The minimum absolute atomic E-state index is 0.0939. The van der Waals surface area contributed by atoms with Crippen LogP contribution >= 0.6 is 0 Å². The van der Waals surface area contributed by atoms with Gasteiger partial charge in [-0.15, -0.1) is 5.10 Å². The number of carbonyl (C=O) groups is 3. The number of rotatable bonds is 16. The van der Waals surface area contributed by atoms with Crippen LogP contribution in [-0.2, 0) is 26.5 Å². The predicted octanol–water partition coefficient (Wildman–Crippen LogP) is 4.82. The number of benzene rings is 3. The first-order valence-corrected chi connectivity index (χ1v) is 16.6. The van der Waals surface area contributed by atoms with Gasteiger partial charge in [0.1, 0.15) is 5.75 Å². The molecule has 2 amide bonds. The molecule has 1 aliphatic rings. The Morgan fingerprint density at radius 3 is 2.48 bits per heavy atom. The van der Waals surface area contributed by atoms with Gasteiger partial charge in [0.2, 0.25) is 0 Å². The maximum atomic E-state index is 14.0. The molecule has 1 unspecified atom stereocenters. The van der Waals surface area contributed by atoms with E-state index in [4.69, 9.17) is 9.47 Å². The van der Waals surface area contributed by atoms with Crippen LogP contribution in [0, 0.1) is 5.92 Å². The smallest absolute Gasteiger partial charge is 0.305 e. The molecular weight excluding hydrogens is 638 g/mol. The number of aliphatic hydroxyl groups is 2. The number of aliphatic hydroxyl groups excluding tert-OH is 1. The summed E-state index contributed by atoms with van der Waals surface area (Å²) < 4.78 is 11.6. The summed E-state index contributed by atoms with van der Waals surface area (Å²) in [6.07, 6.45) is 7.34. The van der Waals surface area contributed by atoms with Gasteiger partial charge in [-0.2, -0.15) is 0 Å². The van der Waals surface area contributed by atoms with Crippen molar-refractivity contribution in [2.45, 2.75) is 50.7 Å². The van der Waals surface area contributed by atoms with E-state index in [-0.39, 0.29) is 30.8 Å². The molecule has 0 saturated heterocycles. The summed E-state index contributed by atoms with van der Waals surface area (Å²) >= 11 is 0. The molecule has 1 aliphatic heterocycles. The lowest BCUT2D eigenvalue weighted by Crippen LogP contribution is -2.44. The number of anilines is 2. The third-order valence-electron chi connectivity index (χ3n) is 9.03. The van der Waals surface area contributed by atoms with Crippen LogP contribution in [0.15, 0.2) is 91.1 Å². The van der Waals surface area contributed by atoms with E-state index in [2.05, 4.69) is 15.6 Å². The molecule has 0 spiro atoms. The molecule has 12 heteroatoms. The second kappa shape index (κ2) is 16.4. The van der Waals surface area contributed by atoms with Crippen LogP contribution in [0.25, 0.3) is 0 Å². The van der Waals surface area contributed by atoms with Crippen molar-refractivity contribution in [2.75, 3.05) is 37.6 Å². The normalized spacial score (nSPS) is 16.7. The second-order valence-corrected chi connectivity index (χ2v) is 12.2. The van der Waals surface area contributed by atoms with Gasteiger partial charge in [0.05, 0.1) is 38.1 Å². The molecule has 3 aromatic carbocycles. The maximum absolute atomic E-state index is 14.0. The van der Waals surface area contributed by atoms with Gasteiger partial charge in [-0.25, -0.2) is 0 Å². The van der Waals surface area contributed by atoms with Gasteiger partial charge in [-0.1, -0.05) is 54.6 Å². The number of hydrogen-bond donors (Lipinski definition) is 3. The Balaban J connectivity index is 1.31. The van der Waals surface area contributed by atoms with E-state index >= 15 is 0 Å². The fraction of sp³-hybridized carbons (Fsp3) is 0.342. The molecule has 0 bridgehead atoms. The number of carbonyl (C=O) groups excluding carboxylic acids is 3. The van der Waals surface area contributed by atoms with Gasteiger partial charge in [-0.05, 0) is 67.3 Å². The van der Waals surface area contributed by atoms with Gasteiger partial charge in [0.25, 0.3) is 11.8 Å². The molecule has 12 nitrogen and oxygen atoms in total. The quantitative estimate of drug-likeness (QED) is 0.0857. The van der Waals surface area contributed by atoms with Gasteiger partial charge in [-0.3, -0.25) is 19.1 Å². The molecule has 4 aromatic rings. The Bertz CT molecular complexity index is 1810. The van der Waals surface area contributed by atoms with Gasteiger partial charge < -0.3 is 29.9 Å². The third kappa shape index (κ3) is 7.93. The molecule has 0 radical (unpaired) electrons. The fourth-order valence-electron chi connectivity index (χ4n) is 6.12. The Labute approximate surface area is 291 Å². The van der Waals surface area contributed by atoms with E-state index in [1.165, 1.54) is 7.11 Å². The molecule has 3 N–H and O–H groups in total. The number of unbranched alkanes of at least 4 members (excludes halogenated alkanes) is 1. The number of ether oxygens (including phenoxy) is 2. The highest BCUT2D eigenvalue weighted by atomic mass is 16.5. The lowest BCUT2D eigenvalue weighted by molar-refractivity contribution is -0.140. The highest BCUT2D eigenvalue weighted by molar-refractivity contribution is 6.09. The molecule has 50 heavy (non-hydrogen) atoms. The molecule has 262 valence electrons. The van der Waals surface area contributed by atoms with E-state index in [1.807, 2.05) is 48.7 Å². The summed E-state index contributed by atoms with van der Waals surface area (Å²) in [5.41, 5.74) is 1.50. The molecular formula is C38H43N5O7. The van der Waals surface area contributed by atoms with Crippen molar-refractivity contribution in [1.29, 1.82) is 0 Å². The molecule has 5 rings (SSSR count). The average Bonchev–Trinajstić information content (AvgIpc) is 3.69. The number of esters is 1. The van der Waals surface area contributed by atoms with E-state index < -0.39 is 17.4 Å². The number of allylic oxidation sites excluding steroid dienone is 1. The number of fused-ring (bicyclic) bond motifs is 1. The van der Waals surface area contributed by atoms with Crippen molar-refractivity contribution >= 4 is 29.2 Å². The lowest BCUT2D eigenvalue weighted by atomic mass is 9.82. The maximum Gasteiger partial charge on any atom is 0.305 e. The largest absolute Gasteiger partial charge is 0.497 e. The van der Waals surface area contributed by atoms with Crippen LogP contribution in [0.4, 0.5) is 11.4 Å². The molecule has 0 aliphatic carbocycles. The highest BCUT2D eigenvalue weighted by Crippen LogP contribution is 2.46. The van der Waals surface area contributed by atoms with E-state index in [9.17, 15) is 24.6 Å². The Hall–Kier alpha value is -5.33. The van der Waals surface area contributed by atoms with Crippen molar-refractivity contribution < 1.29 is 34.1 Å². The molecule has 0 fully saturated rings. The second-order valence-electron chi connectivity index (χ2n) is 12.2.